The van der Waals surface area contributed by atoms with E-state index in [4.69, 9.17) is 18.9 Å². The molecule has 1 heterocycles. The minimum absolute atomic E-state index is 0.0170. The minimum atomic E-state index is -0.197. The van der Waals surface area contributed by atoms with E-state index in [9.17, 15) is 9.59 Å². The van der Waals surface area contributed by atoms with Gasteiger partial charge in [0.1, 0.15) is 5.75 Å². The lowest BCUT2D eigenvalue weighted by molar-refractivity contribution is -0.118. The first-order valence-electron chi connectivity index (χ1n) is 11.9. The highest BCUT2D eigenvalue weighted by Gasteiger charge is 2.50. The number of carbonyl (C=O) groups excluding carboxylic acids is 2. The summed E-state index contributed by atoms with van der Waals surface area (Å²) in [5.74, 6) is 2.27. The molecular formula is C28H31N3O6. The van der Waals surface area contributed by atoms with Crippen LogP contribution < -0.4 is 29.6 Å². The summed E-state index contributed by atoms with van der Waals surface area (Å²) in [6.07, 6.45) is 2.59. The molecule has 2 amide bonds. The summed E-state index contributed by atoms with van der Waals surface area (Å²) >= 11 is 0. The van der Waals surface area contributed by atoms with Gasteiger partial charge in [-0.05, 0) is 59.9 Å². The summed E-state index contributed by atoms with van der Waals surface area (Å²) in [5.41, 5.74) is 2.05. The van der Waals surface area contributed by atoms with Gasteiger partial charge in [0.05, 0.1) is 39.6 Å². The molecule has 0 radical (unpaired) electrons. The standard InChI is InChI=1S/C28H31N3O6/c1-28(2)15-21(28)27(33)31-19-8-11-25(29-16-19)37-20-9-6-18(7-10-20)30-24(32)14-17-12-22(34-3)26(36-5)23(13-17)35-4/h6-13,16,21H,14-15H2,1-5H3,(H,30,32)(H,31,33). The number of nitrogens with one attached hydrogen (secondary N) is 2. The number of amides is 2. The molecule has 4 rings (SSSR count). The van der Waals surface area contributed by atoms with E-state index in [0.29, 0.717) is 40.3 Å². The highest BCUT2D eigenvalue weighted by atomic mass is 16.5. The molecule has 1 unspecified atom stereocenters. The highest BCUT2D eigenvalue weighted by Crippen LogP contribution is 2.52. The Balaban J connectivity index is 1.31. The monoisotopic (exact) mass is 505 g/mol. The van der Waals surface area contributed by atoms with E-state index in [-0.39, 0.29) is 29.6 Å². The molecule has 0 aliphatic heterocycles. The summed E-state index contributed by atoms with van der Waals surface area (Å²) in [6, 6.07) is 13.9. The average molecular weight is 506 g/mol. The molecule has 3 aromatic rings. The van der Waals surface area contributed by atoms with E-state index in [2.05, 4.69) is 29.5 Å². The first-order chi connectivity index (χ1) is 17.7. The zero-order valence-electron chi connectivity index (χ0n) is 21.6. The lowest BCUT2D eigenvalue weighted by Crippen LogP contribution is -2.16. The van der Waals surface area contributed by atoms with Crippen molar-refractivity contribution in [1.29, 1.82) is 0 Å². The van der Waals surface area contributed by atoms with Crippen molar-refractivity contribution in [2.24, 2.45) is 11.3 Å². The number of aromatic nitrogens is 1. The summed E-state index contributed by atoms with van der Waals surface area (Å²) < 4.78 is 21.8. The number of hydrogen-bond acceptors (Lipinski definition) is 7. The summed E-state index contributed by atoms with van der Waals surface area (Å²) in [7, 11) is 4.59. The highest BCUT2D eigenvalue weighted by molar-refractivity contribution is 5.95. The molecule has 2 N–H and O–H groups in total. The van der Waals surface area contributed by atoms with Gasteiger partial charge in [0.15, 0.2) is 11.5 Å². The number of rotatable bonds is 10. The molecule has 0 bridgehead atoms. The quantitative estimate of drug-likeness (QED) is 0.396. The third-order valence-electron chi connectivity index (χ3n) is 6.28. The van der Waals surface area contributed by atoms with Gasteiger partial charge in [-0.25, -0.2) is 4.98 Å². The summed E-state index contributed by atoms with van der Waals surface area (Å²) in [5, 5.41) is 5.76. The van der Waals surface area contributed by atoms with E-state index < -0.39 is 0 Å². The van der Waals surface area contributed by atoms with Crippen molar-refractivity contribution in [3.05, 3.63) is 60.3 Å². The Bertz CT molecular complexity index is 1250. The average Bonchev–Trinajstić information content (AvgIpc) is 3.53. The molecule has 2 aromatic carbocycles. The maximum Gasteiger partial charge on any atom is 0.228 e. The van der Waals surface area contributed by atoms with Crippen molar-refractivity contribution in [2.45, 2.75) is 26.7 Å². The van der Waals surface area contributed by atoms with Gasteiger partial charge in [-0.1, -0.05) is 13.8 Å². The number of nitrogens with zero attached hydrogens (tertiary/aromatic N) is 1. The fraction of sp³-hybridized carbons (Fsp3) is 0.321. The molecule has 1 atom stereocenters. The van der Waals surface area contributed by atoms with Crippen LogP contribution in [0.1, 0.15) is 25.8 Å². The first kappa shape index (κ1) is 25.8. The predicted molar refractivity (Wildman–Crippen MR) is 140 cm³/mol. The predicted octanol–water partition coefficient (Wildman–Crippen LogP) is 5.07. The van der Waals surface area contributed by atoms with Crippen molar-refractivity contribution in [2.75, 3.05) is 32.0 Å². The minimum Gasteiger partial charge on any atom is -0.493 e. The van der Waals surface area contributed by atoms with Crippen molar-refractivity contribution in [3.8, 4) is 28.9 Å². The van der Waals surface area contributed by atoms with Gasteiger partial charge < -0.3 is 29.6 Å². The SMILES string of the molecule is COc1cc(CC(=O)Nc2ccc(Oc3ccc(NC(=O)C4CC4(C)C)cn3)cc2)cc(OC)c1OC. The number of benzene rings is 2. The van der Waals surface area contributed by atoms with Gasteiger partial charge in [0.25, 0.3) is 0 Å². The molecule has 0 spiro atoms. The van der Waals surface area contributed by atoms with Gasteiger partial charge in [-0.2, -0.15) is 0 Å². The van der Waals surface area contributed by atoms with Crippen molar-refractivity contribution in [1.82, 2.24) is 4.98 Å². The van der Waals surface area contributed by atoms with Crippen LogP contribution in [0.4, 0.5) is 11.4 Å². The van der Waals surface area contributed by atoms with Crippen molar-refractivity contribution >= 4 is 23.2 Å². The number of methoxy groups -OCH3 is 3. The van der Waals surface area contributed by atoms with Crippen molar-refractivity contribution < 1.29 is 28.5 Å². The van der Waals surface area contributed by atoms with Gasteiger partial charge in [-0.3, -0.25) is 9.59 Å². The van der Waals surface area contributed by atoms with Crippen LogP contribution in [-0.2, 0) is 16.0 Å². The second kappa shape index (κ2) is 10.8. The molecule has 194 valence electrons. The van der Waals surface area contributed by atoms with E-state index in [0.717, 1.165) is 12.0 Å². The molecule has 1 fully saturated rings. The van der Waals surface area contributed by atoms with Gasteiger partial charge in [-0.15, -0.1) is 0 Å². The van der Waals surface area contributed by atoms with E-state index in [1.165, 1.54) is 21.3 Å². The van der Waals surface area contributed by atoms with Crippen LogP contribution in [0.2, 0.25) is 0 Å². The Labute approximate surface area is 216 Å². The zero-order valence-corrected chi connectivity index (χ0v) is 21.6. The van der Waals surface area contributed by atoms with Gasteiger partial charge in [0, 0.05) is 17.7 Å². The van der Waals surface area contributed by atoms with Crippen molar-refractivity contribution in [3.63, 3.8) is 0 Å². The van der Waals surface area contributed by atoms with Crippen LogP contribution in [0.25, 0.3) is 0 Å². The normalized spacial score (nSPS) is 15.3. The van der Waals surface area contributed by atoms with Crippen LogP contribution in [0, 0.1) is 11.3 Å². The first-order valence-corrected chi connectivity index (χ1v) is 11.9. The number of anilines is 2. The lowest BCUT2D eigenvalue weighted by atomic mass is 10.1. The number of ether oxygens (including phenoxy) is 4. The lowest BCUT2D eigenvalue weighted by Gasteiger charge is -2.14. The number of hydrogen-bond donors (Lipinski definition) is 2. The van der Waals surface area contributed by atoms with Crippen LogP contribution in [-0.4, -0.2) is 38.1 Å². The molecule has 9 nitrogen and oxygen atoms in total. The molecule has 37 heavy (non-hydrogen) atoms. The van der Waals surface area contributed by atoms with E-state index in [1.807, 2.05) is 0 Å². The van der Waals surface area contributed by atoms with Crippen LogP contribution in [0.3, 0.4) is 0 Å². The fourth-order valence-corrected chi connectivity index (χ4v) is 4.01. The summed E-state index contributed by atoms with van der Waals surface area (Å²) in [4.78, 5) is 29.1. The molecule has 1 aliphatic carbocycles. The molecule has 1 aliphatic rings. The second-order valence-electron chi connectivity index (χ2n) is 9.50. The van der Waals surface area contributed by atoms with E-state index >= 15 is 0 Å². The Morgan fingerprint density at radius 2 is 1.54 bits per heavy atom. The Morgan fingerprint density at radius 3 is 2.05 bits per heavy atom. The maximum atomic E-state index is 12.6. The Morgan fingerprint density at radius 1 is 0.919 bits per heavy atom. The van der Waals surface area contributed by atoms with Crippen LogP contribution in [0.5, 0.6) is 28.9 Å². The van der Waals surface area contributed by atoms with Crippen LogP contribution in [0.15, 0.2) is 54.7 Å². The largest absolute Gasteiger partial charge is 0.493 e. The fourth-order valence-electron chi connectivity index (χ4n) is 4.01. The second-order valence-corrected chi connectivity index (χ2v) is 9.50. The number of carbonyl (C=O) groups is 2. The smallest absolute Gasteiger partial charge is 0.228 e. The molecular weight excluding hydrogens is 474 g/mol. The number of pyridine rings is 1. The third kappa shape index (κ3) is 6.30. The topological polar surface area (TPSA) is 108 Å². The Kier molecular flexibility index (Phi) is 7.52. The molecule has 0 saturated heterocycles. The van der Waals surface area contributed by atoms with Gasteiger partial charge in [0.2, 0.25) is 23.4 Å². The third-order valence-corrected chi connectivity index (χ3v) is 6.28. The summed E-state index contributed by atoms with van der Waals surface area (Å²) in [6.45, 7) is 4.16. The Hall–Kier alpha value is -4.27. The van der Waals surface area contributed by atoms with Crippen LogP contribution >= 0.6 is 0 Å². The maximum absolute atomic E-state index is 12.6. The molecule has 1 saturated carbocycles. The molecule has 9 heteroatoms. The van der Waals surface area contributed by atoms with Gasteiger partial charge >= 0.3 is 0 Å². The zero-order chi connectivity index (χ0) is 26.6. The van der Waals surface area contributed by atoms with E-state index in [1.54, 1.807) is 54.7 Å². The molecule has 1 aromatic heterocycles.